The third kappa shape index (κ3) is 3.55. The van der Waals surface area contributed by atoms with Crippen molar-refractivity contribution in [3.8, 4) is 0 Å². The third-order valence-electron chi connectivity index (χ3n) is 3.39. The number of amides is 1. The maximum atomic E-state index is 11.8. The maximum absolute atomic E-state index is 11.8. The Kier molecular flexibility index (Phi) is 4.73. The molecule has 18 heavy (non-hydrogen) atoms. The van der Waals surface area contributed by atoms with Crippen LogP contribution in [-0.2, 0) is 4.79 Å². The van der Waals surface area contributed by atoms with Crippen molar-refractivity contribution in [2.75, 3.05) is 19.6 Å². The van der Waals surface area contributed by atoms with Gasteiger partial charge in [-0.3, -0.25) is 4.79 Å². The number of aliphatic hydroxyl groups excluding tert-OH is 1. The van der Waals surface area contributed by atoms with E-state index < -0.39 is 6.10 Å². The van der Waals surface area contributed by atoms with Crippen LogP contribution in [0.15, 0.2) is 30.3 Å². The summed E-state index contributed by atoms with van der Waals surface area (Å²) in [6.07, 6.45) is 1.11. The smallest absolute Gasteiger partial charge is 0.253 e. The van der Waals surface area contributed by atoms with Crippen molar-refractivity contribution in [1.82, 2.24) is 10.6 Å². The summed E-state index contributed by atoms with van der Waals surface area (Å²) in [5.41, 5.74) is 0.639. The zero-order chi connectivity index (χ0) is 12.8. The van der Waals surface area contributed by atoms with E-state index in [-0.39, 0.29) is 5.91 Å². The molecule has 0 aliphatic carbocycles. The number of piperidine rings is 1. The van der Waals surface area contributed by atoms with Gasteiger partial charge in [-0.05, 0) is 37.4 Å². The molecule has 2 rings (SSSR count). The molecule has 3 N–H and O–H groups in total. The standard InChI is InChI=1S/C14H20N2O2/c17-13(12-4-2-1-3-5-12)14(18)16-10-11-6-8-15-9-7-11/h1-5,11,13,15,17H,6-10H2,(H,16,18). The molecule has 1 amide bonds. The molecule has 0 radical (unpaired) electrons. The van der Waals surface area contributed by atoms with Gasteiger partial charge in [-0.25, -0.2) is 0 Å². The molecule has 1 aliphatic heterocycles. The molecule has 1 fully saturated rings. The maximum Gasteiger partial charge on any atom is 0.253 e. The first-order chi connectivity index (χ1) is 8.77. The summed E-state index contributed by atoms with van der Waals surface area (Å²) < 4.78 is 0. The van der Waals surface area contributed by atoms with Gasteiger partial charge < -0.3 is 15.7 Å². The van der Waals surface area contributed by atoms with Gasteiger partial charge in [0.05, 0.1) is 0 Å². The second kappa shape index (κ2) is 6.52. The lowest BCUT2D eigenvalue weighted by Gasteiger charge is -2.23. The minimum atomic E-state index is -1.06. The average molecular weight is 248 g/mol. The topological polar surface area (TPSA) is 61.4 Å². The zero-order valence-corrected chi connectivity index (χ0v) is 10.4. The Balaban J connectivity index is 1.80. The molecular weight excluding hydrogens is 228 g/mol. The van der Waals surface area contributed by atoms with E-state index >= 15 is 0 Å². The van der Waals surface area contributed by atoms with E-state index in [1.165, 1.54) is 0 Å². The van der Waals surface area contributed by atoms with E-state index in [0.717, 1.165) is 25.9 Å². The number of aliphatic hydroxyl groups is 1. The second-order valence-corrected chi connectivity index (χ2v) is 4.75. The quantitative estimate of drug-likeness (QED) is 0.740. The van der Waals surface area contributed by atoms with Gasteiger partial charge in [-0.2, -0.15) is 0 Å². The Bertz CT molecular complexity index is 375. The normalized spacial score (nSPS) is 18.3. The van der Waals surface area contributed by atoms with Crippen molar-refractivity contribution in [3.05, 3.63) is 35.9 Å². The van der Waals surface area contributed by atoms with Crippen LogP contribution in [0, 0.1) is 5.92 Å². The second-order valence-electron chi connectivity index (χ2n) is 4.75. The van der Waals surface area contributed by atoms with Gasteiger partial charge in [0.25, 0.3) is 5.91 Å². The molecule has 1 aliphatic rings. The molecule has 0 spiro atoms. The molecule has 0 aromatic heterocycles. The first kappa shape index (κ1) is 13.1. The van der Waals surface area contributed by atoms with Crippen LogP contribution >= 0.6 is 0 Å². The van der Waals surface area contributed by atoms with Crippen molar-refractivity contribution in [1.29, 1.82) is 0 Å². The van der Waals surface area contributed by atoms with Gasteiger partial charge in [0.15, 0.2) is 6.10 Å². The summed E-state index contributed by atoms with van der Waals surface area (Å²) in [7, 11) is 0. The Hall–Kier alpha value is -1.39. The summed E-state index contributed by atoms with van der Waals surface area (Å²) >= 11 is 0. The number of benzene rings is 1. The van der Waals surface area contributed by atoms with Crippen LogP contribution < -0.4 is 10.6 Å². The van der Waals surface area contributed by atoms with Crippen LogP contribution in [0.5, 0.6) is 0 Å². The van der Waals surface area contributed by atoms with Gasteiger partial charge in [-0.1, -0.05) is 30.3 Å². The van der Waals surface area contributed by atoms with E-state index in [9.17, 15) is 9.90 Å². The number of carbonyl (C=O) groups is 1. The van der Waals surface area contributed by atoms with Gasteiger partial charge in [-0.15, -0.1) is 0 Å². The lowest BCUT2D eigenvalue weighted by atomic mass is 9.98. The Morgan fingerprint density at radius 2 is 2.00 bits per heavy atom. The fourth-order valence-electron chi connectivity index (χ4n) is 2.21. The van der Waals surface area contributed by atoms with Crippen molar-refractivity contribution < 1.29 is 9.90 Å². The molecule has 0 bridgehead atoms. The lowest BCUT2D eigenvalue weighted by molar-refractivity contribution is -0.129. The largest absolute Gasteiger partial charge is 0.378 e. The van der Waals surface area contributed by atoms with Crippen LogP contribution in [0.2, 0.25) is 0 Å². The van der Waals surface area contributed by atoms with Gasteiger partial charge in [0.2, 0.25) is 0 Å². The number of hydrogen-bond acceptors (Lipinski definition) is 3. The van der Waals surface area contributed by atoms with E-state index in [2.05, 4.69) is 10.6 Å². The van der Waals surface area contributed by atoms with E-state index in [0.29, 0.717) is 18.0 Å². The molecule has 0 saturated carbocycles. The molecule has 1 unspecified atom stereocenters. The van der Waals surface area contributed by atoms with Gasteiger partial charge in [0, 0.05) is 6.54 Å². The molecule has 4 heteroatoms. The zero-order valence-electron chi connectivity index (χ0n) is 10.4. The number of nitrogens with one attached hydrogen (secondary N) is 2. The molecule has 1 saturated heterocycles. The lowest BCUT2D eigenvalue weighted by Crippen LogP contribution is -2.37. The number of hydrogen-bond donors (Lipinski definition) is 3. The molecule has 1 aromatic rings. The van der Waals surface area contributed by atoms with Crippen molar-refractivity contribution in [2.45, 2.75) is 18.9 Å². The fourth-order valence-corrected chi connectivity index (χ4v) is 2.21. The highest BCUT2D eigenvalue weighted by atomic mass is 16.3. The van der Waals surface area contributed by atoms with Crippen molar-refractivity contribution in [2.24, 2.45) is 5.92 Å². The summed E-state index contributed by atoms with van der Waals surface area (Å²) in [5.74, 6) is 0.220. The molecule has 1 heterocycles. The molecule has 4 nitrogen and oxygen atoms in total. The van der Waals surface area contributed by atoms with Crippen molar-refractivity contribution in [3.63, 3.8) is 0 Å². The molecule has 1 aromatic carbocycles. The van der Waals surface area contributed by atoms with E-state index in [4.69, 9.17) is 0 Å². The Labute approximate surface area is 107 Å². The highest BCUT2D eigenvalue weighted by Gasteiger charge is 2.19. The van der Waals surface area contributed by atoms with Crippen LogP contribution in [0.25, 0.3) is 0 Å². The molecular formula is C14H20N2O2. The van der Waals surface area contributed by atoms with Gasteiger partial charge in [0.1, 0.15) is 0 Å². The fraction of sp³-hybridized carbons (Fsp3) is 0.500. The molecule has 1 atom stereocenters. The van der Waals surface area contributed by atoms with Crippen LogP contribution in [0.4, 0.5) is 0 Å². The first-order valence-corrected chi connectivity index (χ1v) is 6.49. The summed E-state index contributed by atoms with van der Waals surface area (Å²) in [6.45, 7) is 2.69. The minimum absolute atomic E-state index is 0.306. The van der Waals surface area contributed by atoms with Gasteiger partial charge >= 0.3 is 0 Å². The predicted molar refractivity (Wildman–Crippen MR) is 70.0 cm³/mol. The summed E-state index contributed by atoms with van der Waals surface area (Å²) in [4.78, 5) is 11.8. The highest BCUT2D eigenvalue weighted by Crippen LogP contribution is 2.13. The third-order valence-corrected chi connectivity index (χ3v) is 3.39. The molecule has 98 valence electrons. The first-order valence-electron chi connectivity index (χ1n) is 6.49. The average Bonchev–Trinajstić information content (AvgIpc) is 2.46. The van der Waals surface area contributed by atoms with Crippen LogP contribution in [0.1, 0.15) is 24.5 Å². The number of carbonyl (C=O) groups excluding carboxylic acids is 1. The Morgan fingerprint density at radius 3 is 2.67 bits per heavy atom. The van der Waals surface area contributed by atoms with Crippen molar-refractivity contribution >= 4 is 5.91 Å². The van der Waals surface area contributed by atoms with E-state index in [1.807, 2.05) is 18.2 Å². The summed E-state index contributed by atoms with van der Waals surface area (Å²) in [6, 6.07) is 9.02. The van der Waals surface area contributed by atoms with Crippen LogP contribution in [-0.4, -0.2) is 30.6 Å². The van der Waals surface area contributed by atoms with E-state index in [1.54, 1.807) is 12.1 Å². The van der Waals surface area contributed by atoms with Crippen LogP contribution in [0.3, 0.4) is 0 Å². The predicted octanol–water partition coefficient (Wildman–Crippen LogP) is 0.836. The summed E-state index contributed by atoms with van der Waals surface area (Å²) in [5, 5.41) is 16.0. The minimum Gasteiger partial charge on any atom is -0.378 e. The Morgan fingerprint density at radius 1 is 1.33 bits per heavy atom. The number of rotatable bonds is 4. The highest BCUT2D eigenvalue weighted by molar-refractivity contribution is 5.81. The SMILES string of the molecule is O=C(NCC1CCNCC1)C(O)c1ccccc1. The monoisotopic (exact) mass is 248 g/mol.